The number of hydrogen-bond acceptors (Lipinski definition) is 3. The molecule has 0 aromatic heterocycles. The van der Waals surface area contributed by atoms with Crippen LogP contribution in [-0.4, -0.2) is 24.9 Å². The van der Waals surface area contributed by atoms with E-state index in [2.05, 4.69) is 6.92 Å². The van der Waals surface area contributed by atoms with Crippen LogP contribution in [0.5, 0.6) is 5.75 Å². The van der Waals surface area contributed by atoms with E-state index in [1.165, 1.54) is 0 Å². The average Bonchev–Trinajstić information content (AvgIpc) is 2.34. The normalized spacial score (nSPS) is 12.4. The van der Waals surface area contributed by atoms with Crippen LogP contribution in [0.15, 0.2) is 24.3 Å². The maximum absolute atomic E-state index is 9.35. The molecule has 0 aliphatic heterocycles. The van der Waals surface area contributed by atoms with Crippen molar-refractivity contribution in [2.45, 2.75) is 32.8 Å². The van der Waals surface area contributed by atoms with Gasteiger partial charge in [-0.1, -0.05) is 25.5 Å². The van der Waals surface area contributed by atoms with Crippen molar-refractivity contribution in [3.8, 4) is 5.75 Å². The molecule has 0 bridgehead atoms. The van der Waals surface area contributed by atoms with Crippen LogP contribution in [0, 0.1) is 0 Å². The van der Waals surface area contributed by atoms with Gasteiger partial charge >= 0.3 is 0 Å². The van der Waals surface area contributed by atoms with Gasteiger partial charge in [0.1, 0.15) is 12.4 Å². The quantitative estimate of drug-likeness (QED) is 0.708. The molecule has 0 spiro atoms. The third-order valence-corrected chi connectivity index (χ3v) is 2.50. The summed E-state index contributed by atoms with van der Waals surface area (Å²) in [4.78, 5) is 0. The Hall–Kier alpha value is -1.06. The van der Waals surface area contributed by atoms with Gasteiger partial charge in [-0.2, -0.15) is 0 Å². The van der Waals surface area contributed by atoms with Crippen molar-refractivity contribution < 1.29 is 14.6 Å². The lowest BCUT2D eigenvalue weighted by Gasteiger charge is -2.08. The third kappa shape index (κ3) is 5.71. The van der Waals surface area contributed by atoms with E-state index in [0.717, 1.165) is 30.8 Å². The van der Waals surface area contributed by atoms with Gasteiger partial charge in [-0.15, -0.1) is 0 Å². The Kier molecular flexibility index (Phi) is 6.67. The summed E-state index contributed by atoms with van der Waals surface area (Å²) >= 11 is 0. The van der Waals surface area contributed by atoms with E-state index in [0.29, 0.717) is 13.2 Å². The molecule has 3 heteroatoms. The molecule has 1 atom stereocenters. The zero-order valence-corrected chi connectivity index (χ0v) is 10.7. The van der Waals surface area contributed by atoms with Crippen LogP contribution < -0.4 is 4.74 Å². The highest BCUT2D eigenvalue weighted by molar-refractivity contribution is 5.28. The van der Waals surface area contributed by atoms with Gasteiger partial charge in [0.25, 0.3) is 0 Å². The largest absolute Gasteiger partial charge is 0.491 e. The summed E-state index contributed by atoms with van der Waals surface area (Å²) in [6.45, 7) is 5.89. The third-order valence-electron chi connectivity index (χ3n) is 2.50. The van der Waals surface area contributed by atoms with Crippen molar-refractivity contribution in [3.63, 3.8) is 0 Å². The summed E-state index contributed by atoms with van der Waals surface area (Å²) in [5.74, 6) is 0.813. The maximum Gasteiger partial charge on any atom is 0.119 e. The lowest BCUT2D eigenvalue weighted by Crippen LogP contribution is -2.07. The summed E-state index contributed by atoms with van der Waals surface area (Å²) in [6, 6.07) is 7.48. The van der Waals surface area contributed by atoms with Gasteiger partial charge in [-0.25, -0.2) is 0 Å². The number of hydrogen-bond donors (Lipinski definition) is 1. The van der Waals surface area contributed by atoms with Crippen molar-refractivity contribution >= 4 is 0 Å². The first-order chi connectivity index (χ1) is 8.24. The molecule has 0 saturated heterocycles. The molecular formula is C14H22O3. The highest BCUT2D eigenvalue weighted by Crippen LogP contribution is 2.16. The van der Waals surface area contributed by atoms with Gasteiger partial charge in [0.05, 0.1) is 12.7 Å². The monoisotopic (exact) mass is 238 g/mol. The molecule has 0 unspecified atom stereocenters. The molecule has 1 aromatic rings. The second kappa shape index (κ2) is 8.09. The standard InChI is InChI=1S/C14H22O3/c1-3-4-9-16-10-11-17-14-7-5-13(6-8-14)12(2)15/h5-8,12,15H,3-4,9-11H2,1-2H3/t12-/m0/s1. The van der Waals surface area contributed by atoms with Gasteiger partial charge in [0.15, 0.2) is 0 Å². The molecule has 0 aliphatic carbocycles. The molecule has 3 nitrogen and oxygen atoms in total. The van der Waals surface area contributed by atoms with Gasteiger partial charge in [-0.3, -0.25) is 0 Å². The molecule has 0 radical (unpaired) electrons. The first-order valence-electron chi connectivity index (χ1n) is 6.22. The fraction of sp³-hybridized carbons (Fsp3) is 0.571. The molecular weight excluding hydrogens is 216 g/mol. The van der Waals surface area contributed by atoms with Crippen LogP contribution in [-0.2, 0) is 4.74 Å². The lowest BCUT2D eigenvalue weighted by molar-refractivity contribution is 0.0980. The Morgan fingerprint density at radius 1 is 1.12 bits per heavy atom. The molecule has 0 heterocycles. The van der Waals surface area contributed by atoms with Crippen molar-refractivity contribution in [1.29, 1.82) is 0 Å². The highest BCUT2D eigenvalue weighted by Gasteiger charge is 2.00. The second-order valence-corrected chi connectivity index (χ2v) is 4.06. The van der Waals surface area contributed by atoms with Crippen LogP contribution in [0.1, 0.15) is 38.4 Å². The zero-order chi connectivity index (χ0) is 12.5. The molecule has 1 rings (SSSR count). The summed E-state index contributed by atoms with van der Waals surface area (Å²) in [7, 11) is 0. The summed E-state index contributed by atoms with van der Waals surface area (Å²) < 4.78 is 10.9. The summed E-state index contributed by atoms with van der Waals surface area (Å²) in [5.41, 5.74) is 0.900. The first-order valence-corrected chi connectivity index (χ1v) is 6.22. The fourth-order valence-electron chi connectivity index (χ4n) is 1.41. The molecule has 17 heavy (non-hydrogen) atoms. The minimum atomic E-state index is -0.429. The number of aliphatic hydroxyl groups excluding tert-OH is 1. The Morgan fingerprint density at radius 2 is 1.82 bits per heavy atom. The summed E-state index contributed by atoms with van der Waals surface area (Å²) in [5, 5.41) is 9.35. The molecule has 0 fully saturated rings. The van der Waals surface area contributed by atoms with E-state index in [4.69, 9.17) is 9.47 Å². The van der Waals surface area contributed by atoms with E-state index < -0.39 is 6.10 Å². The zero-order valence-electron chi connectivity index (χ0n) is 10.7. The average molecular weight is 238 g/mol. The van der Waals surface area contributed by atoms with Gasteiger partial charge in [-0.05, 0) is 31.0 Å². The highest BCUT2D eigenvalue weighted by atomic mass is 16.5. The number of ether oxygens (including phenoxy) is 2. The van der Waals surface area contributed by atoms with E-state index in [-0.39, 0.29) is 0 Å². The van der Waals surface area contributed by atoms with Crippen molar-refractivity contribution in [2.75, 3.05) is 19.8 Å². The number of benzene rings is 1. The maximum atomic E-state index is 9.35. The van der Waals surface area contributed by atoms with Gasteiger partial charge in [0, 0.05) is 6.61 Å². The van der Waals surface area contributed by atoms with Gasteiger partial charge in [0.2, 0.25) is 0 Å². The van der Waals surface area contributed by atoms with Crippen molar-refractivity contribution in [1.82, 2.24) is 0 Å². The fourth-order valence-corrected chi connectivity index (χ4v) is 1.41. The van der Waals surface area contributed by atoms with E-state index >= 15 is 0 Å². The Bertz CT molecular complexity index is 293. The molecule has 0 saturated carbocycles. The molecule has 0 aliphatic rings. The minimum absolute atomic E-state index is 0.429. The first kappa shape index (κ1) is 14.0. The topological polar surface area (TPSA) is 38.7 Å². The second-order valence-electron chi connectivity index (χ2n) is 4.06. The molecule has 96 valence electrons. The van der Waals surface area contributed by atoms with Crippen LogP contribution in [0.3, 0.4) is 0 Å². The molecule has 1 N–H and O–H groups in total. The predicted octanol–water partition coefficient (Wildman–Crippen LogP) is 2.94. The van der Waals surface area contributed by atoms with Crippen LogP contribution in [0.2, 0.25) is 0 Å². The smallest absolute Gasteiger partial charge is 0.119 e. The van der Waals surface area contributed by atoms with Crippen LogP contribution in [0.4, 0.5) is 0 Å². The summed E-state index contributed by atoms with van der Waals surface area (Å²) in [6.07, 6.45) is 1.83. The van der Waals surface area contributed by atoms with E-state index in [9.17, 15) is 5.11 Å². The Labute approximate surface area is 103 Å². The number of rotatable bonds is 8. The molecule has 1 aromatic carbocycles. The molecule has 0 amide bonds. The Morgan fingerprint density at radius 3 is 2.41 bits per heavy atom. The van der Waals surface area contributed by atoms with Gasteiger partial charge < -0.3 is 14.6 Å². The van der Waals surface area contributed by atoms with E-state index in [1.807, 2.05) is 24.3 Å². The van der Waals surface area contributed by atoms with Crippen molar-refractivity contribution in [2.24, 2.45) is 0 Å². The SMILES string of the molecule is CCCCOCCOc1ccc([C@H](C)O)cc1. The van der Waals surface area contributed by atoms with Crippen LogP contribution >= 0.6 is 0 Å². The number of aliphatic hydroxyl groups is 1. The Balaban J connectivity index is 2.19. The minimum Gasteiger partial charge on any atom is -0.491 e. The lowest BCUT2D eigenvalue weighted by atomic mass is 10.1. The van der Waals surface area contributed by atoms with E-state index in [1.54, 1.807) is 6.92 Å². The van der Waals surface area contributed by atoms with Crippen LogP contribution in [0.25, 0.3) is 0 Å². The predicted molar refractivity (Wildman–Crippen MR) is 68.3 cm³/mol. The van der Waals surface area contributed by atoms with Crippen molar-refractivity contribution in [3.05, 3.63) is 29.8 Å². The number of unbranched alkanes of at least 4 members (excludes halogenated alkanes) is 1.